The van der Waals surface area contributed by atoms with E-state index in [-0.39, 0.29) is 70.8 Å². The van der Waals surface area contributed by atoms with Crippen LogP contribution in [0.4, 0.5) is 0 Å². The molecule has 18 nitrogen and oxygen atoms in total. The Bertz CT molecular complexity index is 1950. The zero-order chi connectivity index (χ0) is 53.0. The first kappa shape index (κ1) is 58.2. The van der Waals surface area contributed by atoms with E-state index in [1.54, 1.807) is 0 Å². The molecule has 5 saturated carbocycles. The molecule has 0 spiro atoms. The van der Waals surface area contributed by atoms with Gasteiger partial charge in [0, 0.05) is 0 Å². The number of nitrogens with one attached hydrogen (secondary N) is 5. The van der Waals surface area contributed by atoms with E-state index in [9.17, 15) is 49.5 Å². The minimum Gasteiger partial charge on any atom is -0.480 e. The Morgan fingerprint density at radius 3 is 1.70 bits per heavy atom. The number of aliphatic carboxylic acids is 1. The lowest BCUT2D eigenvalue weighted by Crippen LogP contribution is -2.67. The molecule has 0 aromatic heterocycles. The number of carbonyl (C=O) groups is 6. The molecule has 0 bridgehead atoms. The molecule has 0 aromatic carbocycles. The van der Waals surface area contributed by atoms with Gasteiger partial charge >= 0.3 is 5.97 Å². The molecule has 0 aliphatic heterocycles. The average molecular weight is 1000 g/mol. The fourth-order valence-electron chi connectivity index (χ4n) is 15.4. The van der Waals surface area contributed by atoms with Gasteiger partial charge in [-0.2, -0.15) is 0 Å². The molecule has 404 valence electrons. The summed E-state index contributed by atoms with van der Waals surface area (Å²) in [5.41, 5.74) is 11.7. The molecular formula is C53H91N7O11. The van der Waals surface area contributed by atoms with Crippen LogP contribution in [0.3, 0.4) is 0 Å². The zero-order valence-electron chi connectivity index (χ0n) is 44.0. The van der Waals surface area contributed by atoms with Crippen LogP contribution in [0.2, 0.25) is 0 Å². The average Bonchev–Trinajstić information content (AvgIpc) is 3.71. The predicted molar refractivity (Wildman–Crippen MR) is 269 cm³/mol. The summed E-state index contributed by atoms with van der Waals surface area (Å²) < 4.78 is 0. The van der Waals surface area contributed by atoms with Crippen molar-refractivity contribution in [1.29, 1.82) is 0 Å². The Hall–Kier alpha value is -3.68. The number of unbranched alkanes of at least 4 members (excludes halogenated alkanes) is 2. The summed E-state index contributed by atoms with van der Waals surface area (Å²) in [6.45, 7) is 20.8. The van der Waals surface area contributed by atoms with Crippen LogP contribution in [0, 0.1) is 56.7 Å². The zero-order valence-corrected chi connectivity index (χ0v) is 44.0. The Balaban J connectivity index is 1.36. The van der Waals surface area contributed by atoms with Crippen molar-refractivity contribution in [3.63, 3.8) is 0 Å². The van der Waals surface area contributed by atoms with E-state index in [1.807, 2.05) is 0 Å². The van der Waals surface area contributed by atoms with Crippen molar-refractivity contribution in [2.45, 2.75) is 207 Å². The second kappa shape index (κ2) is 23.3. The number of aliphatic hydroxyl groups is 4. The highest BCUT2D eigenvalue weighted by Crippen LogP contribution is 2.77. The van der Waals surface area contributed by atoms with Crippen LogP contribution in [0.15, 0.2) is 12.2 Å². The maximum absolute atomic E-state index is 15.3. The van der Waals surface area contributed by atoms with Gasteiger partial charge in [-0.15, -0.1) is 0 Å². The summed E-state index contributed by atoms with van der Waals surface area (Å²) in [6, 6.07) is -7.46. The van der Waals surface area contributed by atoms with E-state index in [0.717, 1.165) is 56.9 Å². The number of amides is 5. The summed E-state index contributed by atoms with van der Waals surface area (Å²) in [5, 5.41) is 64.6. The normalized spacial score (nSPS) is 34.7. The maximum atomic E-state index is 15.3. The van der Waals surface area contributed by atoms with E-state index in [4.69, 9.17) is 11.5 Å². The lowest BCUT2D eigenvalue weighted by molar-refractivity contribution is -0.246. The highest BCUT2D eigenvalue weighted by atomic mass is 16.4. The largest absolute Gasteiger partial charge is 0.480 e. The number of hydrogen-bond donors (Lipinski definition) is 12. The van der Waals surface area contributed by atoms with Gasteiger partial charge in [0.1, 0.15) is 30.2 Å². The second-order valence-corrected chi connectivity index (χ2v) is 23.9. The maximum Gasteiger partial charge on any atom is 0.328 e. The minimum atomic E-state index is -1.70. The van der Waals surface area contributed by atoms with Crippen LogP contribution in [-0.2, 0) is 28.8 Å². The topological polar surface area (TPSA) is 316 Å². The fourth-order valence-corrected chi connectivity index (χ4v) is 15.4. The molecule has 17 atom stereocenters. The van der Waals surface area contributed by atoms with Gasteiger partial charge in [0.05, 0.1) is 30.3 Å². The van der Waals surface area contributed by atoms with Gasteiger partial charge in [0.15, 0.2) is 0 Å². The summed E-state index contributed by atoms with van der Waals surface area (Å²) >= 11 is 0. The third-order valence-electron chi connectivity index (χ3n) is 19.6. The molecule has 5 amide bonds. The van der Waals surface area contributed by atoms with Crippen molar-refractivity contribution in [3.8, 4) is 0 Å². The molecule has 14 N–H and O–H groups in total. The first-order chi connectivity index (χ1) is 33.2. The van der Waals surface area contributed by atoms with Crippen LogP contribution in [0.5, 0.6) is 0 Å². The molecule has 2 unspecified atom stereocenters. The summed E-state index contributed by atoms with van der Waals surface area (Å²) in [5.74, 6) is -4.12. The van der Waals surface area contributed by atoms with Gasteiger partial charge in [0.25, 0.3) is 0 Å². The molecule has 71 heavy (non-hydrogen) atoms. The number of carboxylic acids is 1. The molecule has 0 radical (unpaired) electrons. The lowest BCUT2D eigenvalue weighted by Gasteiger charge is -2.72. The van der Waals surface area contributed by atoms with Crippen molar-refractivity contribution in [2.24, 2.45) is 68.1 Å². The molecule has 5 rings (SSSR count). The van der Waals surface area contributed by atoms with Gasteiger partial charge in [-0.25, -0.2) is 4.79 Å². The van der Waals surface area contributed by atoms with E-state index in [2.05, 4.69) is 74.7 Å². The second-order valence-electron chi connectivity index (χ2n) is 23.9. The standard InChI is InChI=1S/C53H91N7O11/c1-29(2)32-18-23-53(25-24-51(8)33(40(32)53)16-17-38-50(7)21-20-39(64)49(5,6)37(50)19-22-52(38,51)9)48(71)58-35(15-11-13-27-55)44(66)59-42(31(4)63)46(68)60-41(30(3)62)45(67)56-34(14-10-12-26-54)43(65)57-36(28-61)47(69)70/h30-42,61-64H,1,10-28,54-55H2,2-9H3,(H,56,67)(H,57,65)(H,58,71)(H,59,66)(H,60,68)(H,69,70)/t30-,31-,32+,33-,34+,35+,36+,37?,38?,39+,40-,41+,42+,50+,51-,52-,53+/m1/s1. The SMILES string of the molecule is C=C(C)[C@@H]1CC[C@]2(C(=O)N[C@@H](CCCCN)C(=O)N[C@H](C(=O)N[C@H](C(=O)N[C@@H](CCCCN)C(=O)N[C@@H](CO)C(=O)O)[C@@H](C)O)[C@@H](C)O)CC[C@]3(C)[C@H](CCC4[C@@]5(C)CC[C@H](O)C(C)(C)C5CC[C@]43C)[C@@H]12. The number of fused-ring (bicyclic) bond motifs is 7. The monoisotopic (exact) mass is 1000 g/mol. The number of allylic oxidation sites excluding steroid dienone is 1. The number of carbonyl (C=O) groups excluding carboxylic acids is 5. The first-order valence-electron chi connectivity index (χ1n) is 26.7. The summed E-state index contributed by atoms with van der Waals surface area (Å²) in [4.78, 5) is 82.1. The molecule has 0 saturated heterocycles. The third kappa shape index (κ3) is 11.4. The van der Waals surface area contributed by atoms with Gasteiger partial charge < -0.3 is 63.6 Å². The Morgan fingerprint density at radius 1 is 0.634 bits per heavy atom. The van der Waals surface area contributed by atoms with E-state index in [0.29, 0.717) is 56.9 Å². The Kier molecular flexibility index (Phi) is 19.1. The van der Waals surface area contributed by atoms with Crippen LogP contribution in [0.25, 0.3) is 0 Å². The highest BCUT2D eigenvalue weighted by Gasteiger charge is 2.72. The molecule has 5 fully saturated rings. The molecule has 5 aliphatic carbocycles. The third-order valence-corrected chi connectivity index (χ3v) is 19.6. The molecule has 18 heteroatoms. The van der Waals surface area contributed by atoms with Crippen LogP contribution < -0.4 is 38.1 Å². The quantitative estimate of drug-likeness (QED) is 0.0518. The molecule has 5 aliphatic rings. The van der Waals surface area contributed by atoms with Gasteiger partial charge in [-0.3, -0.25) is 24.0 Å². The lowest BCUT2D eigenvalue weighted by atomic mass is 9.32. The van der Waals surface area contributed by atoms with E-state index >= 15 is 4.79 Å². The number of rotatable bonds is 23. The van der Waals surface area contributed by atoms with Gasteiger partial charge in [-0.1, -0.05) is 46.8 Å². The van der Waals surface area contributed by atoms with E-state index < -0.39 is 84.0 Å². The Morgan fingerprint density at radius 2 is 1.17 bits per heavy atom. The summed E-state index contributed by atoms with van der Waals surface area (Å²) in [6.07, 6.45) is 7.66. The highest BCUT2D eigenvalue weighted by molar-refractivity contribution is 5.97. The summed E-state index contributed by atoms with van der Waals surface area (Å²) in [7, 11) is 0. The van der Waals surface area contributed by atoms with Crippen molar-refractivity contribution in [2.75, 3.05) is 19.7 Å². The molecular weight excluding hydrogens is 911 g/mol. The van der Waals surface area contributed by atoms with Crippen molar-refractivity contribution >= 4 is 35.5 Å². The number of aliphatic hydroxyl groups excluding tert-OH is 4. The van der Waals surface area contributed by atoms with E-state index in [1.165, 1.54) is 13.8 Å². The van der Waals surface area contributed by atoms with Gasteiger partial charge in [-0.05, 0) is 188 Å². The number of hydrogen-bond acceptors (Lipinski definition) is 12. The molecule has 0 heterocycles. The Labute approximate surface area is 421 Å². The minimum absolute atomic E-state index is 0.00132. The van der Waals surface area contributed by atoms with Crippen molar-refractivity contribution < 1.29 is 54.3 Å². The smallest absolute Gasteiger partial charge is 0.328 e. The van der Waals surface area contributed by atoms with Crippen molar-refractivity contribution in [3.05, 3.63) is 12.2 Å². The van der Waals surface area contributed by atoms with Crippen LogP contribution in [0.1, 0.15) is 158 Å². The van der Waals surface area contributed by atoms with Crippen LogP contribution in [-0.4, -0.2) is 129 Å². The van der Waals surface area contributed by atoms with Crippen LogP contribution >= 0.6 is 0 Å². The predicted octanol–water partition coefficient (Wildman–Crippen LogP) is 2.53. The van der Waals surface area contributed by atoms with Crippen molar-refractivity contribution in [1.82, 2.24) is 26.6 Å². The number of nitrogens with two attached hydrogens (primary N) is 2. The number of carboxylic acid groups (broad SMARTS) is 1. The molecule has 0 aromatic rings. The van der Waals surface area contributed by atoms with Gasteiger partial charge in [0.2, 0.25) is 29.5 Å². The first-order valence-corrected chi connectivity index (χ1v) is 26.7. The fraction of sp³-hybridized carbons (Fsp3) is 0.849.